The van der Waals surface area contributed by atoms with Gasteiger partial charge in [0.2, 0.25) is 11.7 Å². The fraction of sp³-hybridized carbons (Fsp3) is 0.238. The summed E-state index contributed by atoms with van der Waals surface area (Å²) >= 11 is 0. The number of benzene rings is 1. The summed E-state index contributed by atoms with van der Waals surface area (Å²) in [5.41, 5.74) is 2.51. The molecule has 1 aromatic carbocycles. The minimum atomic E-state index is -4.21. The summed E-state index contributed by atoms with van der Waals surface area (Å²) in [5.74, 6) is -1.25. The van der Waals surface area contributed by atoms with Gasteiger partial charge in [0, 0.05) is 29.5 Å². The van der Waals surface area contributed by atoms with Crippen molar-refractivity contribution in [1.82, 2.24) is 24.9 Å². The molecule has 0 spiro atoms. The molecule has 0 aliphatic heterocycles. The van der Waals surface area contributed by atoms with Gasteiger partial charge in [0.25, 0.3) is 28.2 Å². The first-order chi connectivity index (χ1) is 16.7. The Kier molecular flexibility index (Phi) is 6.64. The van der Waals surface area contributed by atoms with Crippen LogP contribution in [0.2, 0.25) is 0 Å². The maximum atomic E-state index is 13.2. The van der Waals surface area contributed by atoms with Gasteiger partial charge >= 0.3 is 0 Å². The highest BCUT2D eigenvalue weighted by atomic mass is 32.2. The van der Waals surface area contributed by atoms with Crippen LogP contribution >= 0.6 is 0 Å². The molecule has 0 aliphatic rings. The molecular weight excluding hydrogens is 486 g/mol. The van der Waals surface area contributed by atoms with E-state index in [0.29, 0.717) is 27.9 Å². The van der Waals surface area contributed by atoms with Crippen molar-refractivity contribution in [3.63, 3.8) is 0 Å². The number of hydrogen-bond donors (Lipinski definition) is 2. The molecular formula is C21H20F2N6O5S. The van der Waals surface area contributed by atoms with Gasteiger partial charge in [-0.1, -0.05) is 18.2 Å². The van der Waals surface area contributed by atoms with Crippen LogP contribution in [-0.4, -0.2) is 60.6 Å². The van der Waals surface area contributed by atoms with Crippen molar-refractivity contribution in [1.29, 1.82) is 0 Å². The minimum absolute atomic E-state index is 0.0737. The van der Waals surface area contributed by atoms with Gasteiger partial charge in [-0.2, -0.15) is 9.97 Å². The number of H-pyrrole nitrogens is 1. The Labute approximate surface area is 198 Å². The lowest BCUT2D eigenvalue weighted by Crippen LogP contribution is -2.16. The van der Waals surface area contributed by atoms with Crippen LogP contribution in [0.5, 0.6) is 17.5 Å². The molecule has 0 unspecified atom stereocenters. The van der Waals surface area contributed by atoms with Crippen LogP contribution in [0.25, 0.3) is 22.2 Å². The number of aromatic amines is 1. The lowest BCUT2D eigenvalue weighted by molar-refractivity contribution is 0.0781. The van der Waals surface area contributed by atoms with Crippen LogP contribution in [0, 0.1) is 6.92 Å². The van der Waals surface area contributed by atoms with Crippen LogP contribution in [0.1, 0.15) is 5.69 Å². The minimum Gasteiger partial charge on any atom is -0.478 e. The van der Waals surface area contributed by atoms with E-state index in [4.69, 9.17) is 14.2 Å². The molecule has 3 aromatic heterocycles. The molecule has 2 N–H and O–H groups in total. The van der Waals surface area contributed by atoms with Crippen LogP contribution in [-0.2, 0) is 10.0 Å². The fourth-order valence-corrected chi connectivity index (χ4v) is 4.51. The lowest BCUT2D eigenvalue weighted by Gasteiger charge is -2.14. The summed E-state index contributed by atoms with van der Waals surface area (Å²) in [6.45, 7) is 0.847. The molecule has 184 valence electrons. The molecule has 4 aromatic rings. The van der Waals surface area contributed by atoms with E-state index in [9.17, 15) is 17.2 Å². The molecule has 11 nitrogen and oxygen atoms in total. The molecule has 0 bridgehead atoms. The van der Waals surface area contributed by atoms with E-state index in [1.165, 1.54) is 20.4 Å². The Balaban J connectivity index is 1.73. The predicted molar refractivity (Wildman–Crippen MR) is 122 cm³/mol. The molecule has 0 fully saturated rings. The fourth-order valence-electron chi connectivity index (χ4n) is 3.40. The zero-order valence-corrected chi connectivity index (χ0v) is 19.6. The smallest absolute Gasteiger partial charge is 0.272 e. The number of nitrogens with zero attached hydrogens (tertiary/aromatic N) is 4. The molecule has 0 saturated heterocycles. The first-order valence-corrected chi connectivity index (χ1v) is 11.5. The number of hydrogen-bond acceptors (Lipinski definition) is 9. The van der Waals surface area contributed by atoms with E-state index in [2.05, 4.69) is 29.6 Å². The van der Waals surface area contributed by atoms with Gasteiger partial charge in [0.05, 0.1) is 31.1 Å². The quantitative estimate of drug-likeness (QED) is 0.350. The second-order valence-electron chi connectivity index (χ2n) is 7.07. The maximum absolute atomic E-state index is 13.2. The Hall–Kier alpha value is -4.07. The number of nitrogens with one attached hydrogen (secondary N) is 2. The number of sulfonamides is 1. The summed E-state index contributed by atoms with van der Waals surface area (Å²) in [6.07, 6.45) is 1.69. The SMILES string of the molecule is COc1nc(NS(=O)(=O)c2c[nH]c3c(-c4nccnc4C)cccc23)nc(OC)c1OCC(F)F. The van der Waals surface area contributed by atoms with Crippen molar-refractivity contribution in [3.8, 4) is 28.8 Å². The van der Waals surface area contributed by atoms with E-state index >= 15 is 0 Å². The predicted octanol–water partition coefficient (Wildman–Crippen LogP) is 3.19. The molecule has 0 radical (unpaired) electrons. The number of fused-ring (bicyclic) bond motifs is 1. The van der Waals surface area contributed by atoms with Gasteiger partial charge in [-0.3, -0.25) is 9.97 Å². The first-order valence-electron chi connectivity index (χ1n) is 10.1. The van der Waals surface area contributed by atoms with Gasteiger partial charge < -0.3 is 19.2 Å². The standard InChI is InChI=1S/C21H20F2N6O5S/c1-11-16(25-8-7-24-11)13-6-4-5-12-14(9-26-17(12)13)35(30,31)29-21-27-19(32-2)18(20(28-21)33-3)34-10-15(22)23/h4-9,15,26H,10H2,1-3H3,(H,27,28,29). The number of halogens is 2. The van der Waals surface area contributed by atoms with Gasteiger partial charge in [-0.15, -0.1) is 0 Å². The van der Waals surface area contributed by atoms with Crippen molar-refractivity contribution in [2.24, 2.45) is 0 Å². The molecule has 0 aliphatic carbocycles. The number of alkyl halides is 2. The van der Waals surface area contributed by atoms with Gasteiger partial charge in [-0.25, -0.2) is 21.9 Å². The van der Waals surface area contributed by atoms with Crippen molar-refractivity contribution in [2.45, 2.75) is 18.2 Å². The van der Waals surface area contributed by atoms with Crippen molar-refractivity contribution in [3.05, 3.63) is 42.5 Å². The molecule has 35 heavy (non-hydrogen) atoms. The molecule has 0 atom stereocenters. The van der Waals surface area contributed by atoms with Crippen LogP contribution in [0.15, 0.2) is 41.7 Å². The molecule has 0 amide bonds. The average Bonchev–Trinajstić information content (AvgIpc) is 3.28. The van der Waals surface area contributed by atoms with E-state index in [0.717, 1.165) is 0 Å². The Morgan fingerprint density at radius 3 is 2.40 bits per heavy atom. The Morgan fingerprint density at radius 1 is 1.09 bits per heavy atom. The molecule has 0 saturated carbocycles. The van der Waals surface area contributed by atoms with Crippen LogP contribution < -0.4 is 18.9 Å². The molecule has 4 rings (SSSR count). The monoisotopic (exact) mass is 506 g/mol. The topological polar surface area (TPSA) is 141 Å². The van der Waals surface area contributed by atoms with Gasteiger partial charge in [0.15, 0.2) is 0 Å². The Morgan fingerprint density at radius 2 is 1.77 bits per heavy atom. The number of ether oxygens (including phenoxy) is 3. The van der Waals surface area contributed by atoms with E-state index < -0.39 is 29.0 Å². The van der Waals surface area contributed by atoms with Crippen molar-refractivity contribution in [2.75, 3.05) is 25.5 Å². The van der Waals surface area contributed by atoms with E-state index in [1.807, 2.05) is 0 Å². The van der Waals surface area contributed by atoms with E-state index in [-0.39, 0.29) is 22.4 Å². The third-order valence-electron chi connectivity index (χ3n) is 4.87. The second kappa shape index (κ2) is 9.66. The van der Waals surface area contributed by atoms with Gasteiger partial charge in [-0.05, 0) is 6.92 Å². The zero-order valence-electron chi connectivity index (χ0n) is 18.7. The number of aryl methyl sites for hydroxylation is 1. The van der Waals surface area contributed by atoms with Crippen molar-refractivity contribution >= 4 is 26.9 Å². The summed E-state index contributed by atoms with van der Waals surface area (Å²) < 4.78 is 69.0. The molecule has 14 heteroatoms. The maximum Gasteiger partial charge on any atom is 0.272 e. The lowest BCUT2D eigenvalue weighted by atomic mass is 10.1. The highest BCUT2D eigenvalue weighted by Gasteiger charge is 2.25. The average molecular weight is 506 g/mol. The first kappa shape index (κ1) is 24.1. The summed E-state index contributed by atoms with van der Waals surface area (Å²) in [6, 6.07) is 5.14. The largest absolute Gasteiger partial charge is 0.478 e. The van der Waals surface area contributed by atoms with Crippen LogP contribution in [0.3, 0.4) is 0 Å². The summed E-state index contributed by atoms with van der Waals surface area (Å²) in [4.78, 5) is 19.4. The normalized spacial score (nSPS) is 11.6. The third kappa shape index (κ3) is 4.77. The summed E-state index contributed by atoms with van der Waals surface area (Å²) in [5, 5.41) is 0.399. The Bertz CT molecular complexity index is 1450. The number of methoxy groups -OCH3 is 2. The number of anilines is 1. The number of rotatable bonds is 9. The number of aromatic nitrogens is 5. The highest BCUT2D eigenvalue weighted by molar-refractivity contribution is 7.93. The molecule has 3 heterocycles. The zero-order chi connectivity index (χ0) is 25.2. The summed E-state index contributed by atoms with van der Waals surface area (Å²) in [7, 11) is -1.78. The number of para-hydroxylation sites is 1. The third-order valence-corrected chi connectivity index (χ3v) is 6.24. The van der Waals surface area contributed by atoms with Crippen LogP contribution in [0.4, 0.5) is 14.7 Å². The van der Waals surface area contributed by atoms with Gasteiger partial charge in [0.1, 0.15) is 11.5 Å². The second-order valence-corrected chi connectivity index (χ2v) is 8.72. The van der Waals surface area contributed by atoms with Crippen molar-refractivity contribution < 1.29 is 31.4 Å². The van der Waals surface area contributed by atoms with E-state index in [1.54, 1.807) is 37.5 Å². The highest BCUT2D eigenvalue weighted by Crippen LogP contribution is 2.36.